The van der Waals surface area contributed by atoms with E-state index in [4.69, 9.17) is 5.73 Å². The molecule has 0 saturated heterocycles. The Balaban J connectivity index is 2.47. The summed E-state index contributed by atoms with van der Waals surface area (Å²) in [6.07, 6.45) is 0.339. The molecule has 0 saturated carbocycles. The third-order valence-electron chi connectivity index (χ3n) is 3.12. The maximum absolute atomic E-state index is 11.3. The van der Waals surface area contributed by atoms with E-state index < -0.39 is 0 Å². The molecule has 0 fully saturated rings. The number of hydrogen-bond donors (Lipinski definition) is 2. The topological polar surface area (TPSA) is 93.3 Å². The summed E-state index contributed by atoms with van der Waals surface area (Å²) in [5.74, 6) is 0.0618. The second-order valence-corrected chi connectivity index (χ2v) is 4.99. The van der Waals surface area contributed by atoms with Crippen molar-refractivity contribution in [2.45, 2.75) is 34.1 Å². The van der Waals surface area contributed by atoms with Crippen molar-refractivity contribution < 1.29 is 4.79 Å². The minimum Gasteiger partial charge on any atom is -0.369 e. The van der Waals surface area contributed by atoms with Gasteiger partial charge in [0, 0.05) is 11.8 Å². The normalized spacial score (nSPS) is 11.7. The van der Waals surface area contributed by atoms with Crippen LogP contribution in [0.3, 0.4) is 0 Å². The van der Waals surface area contributed by atoms with Crippen molar-refractivity contribution in [2.24, 2.45) is 10.7 Å². The molecule has 0 aliphatic rings. The highest BCUT2D eigenvalue weighted by Crippen LogP contribution is 2.23. The standard InChI is InChI=1S/C15H19N5O/c1-5-12(21)18-14(16)20-15-17-10(4)11-7-8(2)6-9(3)13(11)19-15/h6-7H,5H2,1-4H3,(H3,16,17,18,19,20,21). The minimum atomic E-state index is -0.194. The van der Waals surface area contributed by atoms with Crippen LogP contribution in [0.1, 0.15) is 30.2 Å². The smallest absolute Gasteiger partial charge is 0.253 e. The second kappa shape index (κ2) is 5.87. The summed E-state index contributed by atoms with van der Waals surface area (Å²) in [7, 11) is 0. The fourth-order valence-corrected chi connectivity index (χ4v) is 2.14. The lowest BCUT2D eigenvalue weighted by atomic mass is 10.1. The highest BCUT2D eigenvalue weighted by Gasteiger charge is 2.08. The van der Waals surface area contributed by atoms with Crippen molar-refractivity contribution >= 4 is 28.7 Å². The quantitative estimate of drug-likeness (QED) is 0.652. The number of hydrogen-bond acceptors (Lipinski definition) is 4. The molecule has 2 aromatic rings. The molecule has 0 unspecified atom stereocenters. The van der Waals surface area contributed by atoms with E-state index in [0.29, 0.717) is 6.42 Å². The lowest BCUT2D eigenvalue weighted by molar-refractivity contribution is -0.119. The first-order valence-electron chi connectivity index (χ1n) is 6.80. The summed E-state index contributed by atoms with van der Waals surface area (Å²) in [6.45, 7) is 7.68. The van der Waals surface area contributed by atoms with E-state index in [-0.39, 0.29) is 17.8 Å². The van der Waals surface area contributed by atoms with E-state index in [1.54, 1.807) is 6.92 Å². The van der Waals surface area contributed by atoms with Gasteiger partial charge in [-0.25, -0.2) is 9.97 Å². The number of carbonyl (C=O) groups excluding carboxylic acids is 1. The zero-order chi connectivity index (χ0) is 15.6. The molecule has 1 amide bonds. The van der Waals surface area contributed by atoms with Gasteiger partial charge >= 0.3 is 0 Å². The molecule has 6 heteroatoms. The summed E-state index contributed by atoms with van der Waals surface area (Å²) in [4.78, 5) is 24.1. The molecule has 3 N–H and O–H groups in total. The maximum Gasteiger partial charge on any atom is 0.253 e. The predicted molar refractivity (Wildman–Crippen MR) is 83.5 cm³/mol. The second-order valence-electron chi connectivity index (χ2n) is 4.99. The minimum absolute atomic E-state index is 0.00497. The Labute approximate surface area is 123 Å². The van der Waals surface area contributed by atoms with Gasteiger partial charge in [0.2, 0.25) is 11.9 Å². The summed E-state index contributed by atoms with van der Waals surface area (Å²) in [5, 5.41) is 3.48. The van der Waals surface area contributed by atoms with Gasteiger partial charge < -0.3 is 5.73 Å². The monoisotopic (exact) mass is 285 g/mol. The molecule has 1 heterocycles. The number of amides is 1. The van der Waals surface area contributed by atoms with Gasteiger partial charge in [-0.15, -0.1) is 0 Å². The molecule has 0 spiro atoms. The summed E-state index contributed by atoms with van der Waals surface area (Å²) >= 11 is 0. The first-order valence-corrected chi connectivity index (χ1v) is 6.80. The maximum atomic E-state index is 11.3. The van der Waals surface area contributed by atoms with Crippen LogP contribution in [0, 0.1) is 20.8 Å². The Morgan fingerprint density at radius 3 is 2.67 bits per heavy atom. The van der Waals surface area contributed by atoms with Crippen LogP contribution in [-0.4, -0.2) is 21.8 Å². The average molecular weight is 285 g/mol. The first kappa shape index (κ1) is 14.9. The highest BCUT2D eigenvalue weighted by molar-refractivity contribution is 5.97. The number of nitrogens with one attached hydrogen (secondary N) is 1. The van der Waals surface area contributed by atoms with Gasteiger partial charge in [0.05, 0.1) is 11.2 Å². The van der Waals surface area contributed by atoms with Gasteiger partial charge in [0.25, 0.3) is 5.95 Å². The van der Waals surface area contributed by atoms with E-state index in [9.17, 15) is 4.79 Å². The van der Waals surface area contributed by atoms with Crippen LogP contribution in [-0.2, 0) is 4.79 Å². The van der Waals surface area contributed by atoms with Crippen molar-refractivity contribution in [2.75, 3.05) is 0 Å². The molecule has 110 valence electrons. The van der Waals surface area contributed by atoms with Gasteiger partial charge in [0.1, 0.15) is 0 Å². The molecule has 1 aromatic heterocycles. The summed E-state index contributed by atoms with van der Waals surface area (Å²) < 4.78 is 0. The number of guanidine groups is 1. The van der Waals surface area contributed by atoms with Gasteiger partial charge in [-0.1, -0.05) is 18.6 Å². The first-order chi connectivity index (χ1) is 9.90. The van der Waals surface area contributed by atoms with E-state index >= 15 is 0 Å². The third-order valence-corrected chi connectivity index (χ3v) is 3.12. The SMILES string of the molecule is CCC(=O)N/C(N)=N/c1nc(C)c2cc(C)cc(C)c2n1. The Kier molecular flexibility index (Phi) is 4.16. The van der Waals surface area contributed by atoms with Crippen molar-refractivity contribution in [3.05, 3.63) is 29.0 Å². The third kappa shape index (κ3) is 3.34. The van der Waals surface area contributed by atoms with Crippen LogP contribution in [0.15, 0.2) is 17.1 Å². The molecular weight excluding hydrogens is 266 g/mol. The lowest BCUT2D eigenvalue weighted by Gasteiger charge is -2.07. The zero-order valence-corrected chi connectivity index (χ0v) is 12.7. The van der Waals surface area contributed by atoms with Crippen molar-refractivity contribution in [1.82, 2.24) is 15.3 Å². The fraction of sp³-hybridized carbons (Fsp3) is 0.333. The molecule has 2 rings (SSSR count). The number of nitrogens with two attached hydrogens (primary N) is 1. The summed E-state index contributed by atoms with van der Waals surface area (Å²) in [5.41, 5.74) is 9.58. The molecule has 0 aliphatic heterocycles. The highest BCUT2D eigenvalue weighted by atomic mass is 16.1. The van der Waals surface area contributed by atoms with Crippen molar-refractivity contribution in [3.8, 4) is 0 Å². The number of aliphatic imine (C=N–C) groups is 1. The van der Waals surface area contributed by atoms with Crippen LogP contribution < -0.4 is 11.1 Å². The summed E-state index contributed by atoms with van der Waals surface area (Å²) in [6, 6.07) is 4.11. The molecule has 21 heavy (non-hydrogen) atoms. The Hall–Kier alpha value is -2.50. The number of rotatable bonds is 2. The number of benzene rings is 1. The van der Waals surface area contributed by atoms with E-state index in [2.05, 4.69) is 26.3 Å². The van der Waals surface area contributed by atoms with Gasteiger partial charge in [-0.05, 0) is 32.4 Å². The molecule has 1 aromatic carbocycles. The number of nitrogens with zero attached hydrogens (tertiary/aromatic N) is 3. The van der Waals surface area contributed by atoms with Crippen LogP contribution >= 0.6 is 0 Å². The molecule has 0 aliphatic carbocycles. The van der Waals surface area contributed by atoms with Crippen LogP contribution in [0.2, 0.25) is 0 Å². The van der Waals surface area contributed by atoms with Crippen LogP contribution in [0.25, 0.3) is 10.9 Å². The van der Waals surface area contributed by atoms with Crippen molar-refractivity contribution in [1.29, 1.82) is 0 Å². The van der Waals surface area contributed by atoms with E-state index in [1.807, 2.05) is 26.8 Å². The molecular formula is C15H19N5O. The fourth-order valence-electron chi connectivity index (χ4n) is 2.14. The molecule has 6 nitrogen and oxygen atoms in total. The van der Waals surface area contributed by atoms with Gasteiger partial charge in [-0.3, -0.25) is 10.1 Å². The number of aromatic nitrogens is 2. The number of fused-ring (bicyclic) bond motifs is 1. The Morgan fingerprint density at radius 2 is 2.00 bits per heavy atom. The predicted octanol–water partition coefficient (Wildman–Crippen LogP) is 2.03. The van der Waals surface area contributed by atoms with E-state index in [0.717, 1.165) is 27.7 Å². The molecule has 0 atom stereocenters. The molecule has 0 bridgehead atoms. The number of carbonyl (C=O) groups is 1. The average Bonchev–Trinajstić information content (AvgIpc) is 2.40. The number of aryl methyl sites for hydroxylation is 3. The van der Waals surface area contributed by atoms with Crippen LogP contribution in [0.4, 0.5) is 5.95 Å². The Bertz CT molecular complexity index is 736. The largest absolute Gasteiger partial charge is 0.369 e. The zero-order valence-electron chi connectivity index (χ0n) is 12.7. The van der Waals surface area contributed by atoms with Gasteiger partial charge in [-0.2, -0.15) is 4.99 Å². The Morgan fingerprint density at radius 1 is 1.29 bits per heavy atom. The van der Waals surface area contributed by atoms with Crippen molar-refractivity contribution in [3.63, 3.8) is 0 Å². The molecule has 0 radical (unpaired) electrons. The lowest BCUT2D eigenvalue weighted by Crippen LogP contribution is -2.36. The van der Waals surface area contributed by atoms with E-state index in [1.165, 1.54) is 0 Å². The van der Waals surface area contributed by atoms with Gasteiger partial charge in [0.15, 0.2) is 0 Å². The van der Waals surface area contributed by atoms with Crippen LogP contribution in [0.5, 0.6) is 0 Å².